The van der Waals surface area contributed by atoms with Crippen molar-refractivity contribution in [3.05, 3.63) is 48.1 Å². The van der Waals surface area contributed by atoms with Crippen LogP contribution in [0.5, 0.6) is 5.75 Å². The topological polar surface area (TPSA) is 139 Å². The smallest absolute Gasteiger partial charge is 0.248 e. The Morgan fingerprint density at radius 2 is 1.88 bits per heavy atom. The third-order valence-corrected chi connectivity index (χ3v) is 7.56. The van der Waals surface area contributed by atoms with Gasteiger partial charge in [0.1, 0.15) is 16.3 Å². The molecule has 4 rings (SSSR count). The predicted molar refractivity (Wildman–Crippen MR) is 115 cm³/mol. The molecule has 2 N–H and O–H groups in total. The number of phenols is 1. The number of nitrogens with one attached hydrogen (secondary N) is 1. The van der Waals surface area contributed by atoms with E-state index in [2.05, 4.69) is 20.4 Å². The Kier molecular flexibility index (Phi) is 5.94. The van der Waals surface area contributed by atoms with Gasteiger partial charge in [-0.25, -0.2) is 18.4 Å². The Labute approximate surface area is 185 Å². The largest absolute Gasteiger partial charge is 0.508 e. The zero-order chi connectivity index (χ0) is 22.9. The predicted octanol–water partition coefficient (Wildman–Crippen LogP) is 2.49. The van der Waals surface area contributed by atoms with Crippen molar-refractivity contribution in [1.82, 2.24) is 19.4 Å². The van der Waals surface area contributed by atoms with Gasteiger partial charge in [0.05, 0.1) is 18.1 Å². The zero-order valence-electron chi connectivity index (χ0n) is 17.6. The van der Waals surface area contributed by atoms with Crippen molar-refractivity contribution in [2.45, 2.75) is 31.6 Å². The molecule has 1 aliphatic rings. The van der Waals surface area contributed by atoms with E-state index in [1.165, 1.54) is 16.7 Å². The van der Waals surface area contributed by atoms with Crippen LogP contribution in [0.4, 0.5) is 5.69 Å². The van der Waals surface area contributed by atoms with E-state index < -0.39 is 10.0 Å². The first-order valence-corrected chi connectivity index (χ1v) is 11.5. The van der Waals surface area contributed by atoms with Gasteiger partial charge in [0.2, 0.25) is 15.9 Å². The molecule has 0 saturated carbocycles. The molecule has 32 heavy (non-hydrogen) atoms. The number of anilines is 1. The van der Waals surface area contributed by atoms with E-state index in [-0.39, 0.29) is 41.3 Å². The monoisotopic (exact) mass is 457 g/mol. The highest BCUT2D eigenvalue weighted by Crippen LogP contribution is 2.28. The Balaban J connectivity index is 1.37. The number of hydrogen-bond acceptors (Lipinski definition) is 8. The number of nitrogens with zero attached hydrogens (tertiary/aromatic N) is 4. The second-order valence-corrected chi connectivity index (χ2v) is 9.54. The van der Waals surface area contributed by atoms with E-state index in [0.29, 0.717) is 35.6 Å². The fourth-order valence-electron chi connectivity index (χ4n) is 3.76. The van der Waals surface area contributed by atoms with Crippen LogP contribution in [0.25, 0.3) is 11.4 Å². The summed E-state index contributed by atoms with van der Waals surface area (Å²) in [6.45, 7) is 3.63. The number of carbonyl (C=O) groups excluding carboxylic acids is 1. The Hall–Kier alpha value is -3.31. The van der Waals surface area contributed by atoms with Crippen LogP contribution in [0.3, 0.4) is 0 Å². The second-order valence-electron chi connectivity index (χ2n) is 7.67. The molecule has 1 fully saturated rings. The van der Waals surface area contributed by atoms with Crippen LogP contribution in [-0.2, 0) is 14.8 Å². The van der Waals surface area contributed by atoms with Gasteiger partial charge in [-0.05, 0) is 38.8 Å². The number of piperidine rings is 1. The molecule has 10 nitrogen and oxygen atoms in total. The molecule has 0 unspecified atom stereocenters. The Bertz CT molecular complexity index is 1210. The maximum Gasteiger partial charge on any atom is 0.248 e. The maximum atomic E-state index is 12.9. The summed E-state index contributed by atoms with van der Waals surface area (Å²) in [6.07, 6.45) is 3.80. The lowest BCUT2D eigenvalue weighted by atomic mass is 9.97. The lowest BCUT2D eigenvalue weighted by Crippen LogP contribution is -2.41. The van der Waals surface area contributed by atoms with Crippen molar-refractivity contribution in [1.29, 1.82) is 0 Å². The minimum atomic E-state index is -3.71. The first kappa shape index (κ1) is 21.9. The van der Waals surface area contributed by atoms with E-state index in [1.807, 2.05) is 0 Å². The van der Waals surface area contributed by atoms with Crippen LogP contribution < -0.4 is 5.32 Å². The lowest BCUT2D eigenvalue weighted by Gasteiger charge is -2.30. The average Bonchev–Trinajstić information content (AvgIpc) is 3.13. The SMILES string of the molecule is Cc1noc(C)c1S(=O)(=O)N1CCC(C(=O)Nc2cnc(-c3cccc(O)c3)nc2)CC1. The van der Waals surface area contributed by atoms with Crippen LogP contribution in [0.2, 0.25) is 0 Å². The van der Waals surface area contributed by atoms with Crippen LogP contribution >= 0.6 is 0 Å². The molecule has 0 aliphatic carbocycles. The number of aromatic hydroxyl groups is 1. The van der Waals surface area contributed by atoms with E-state index in [0.717, 1.165) is 0 Å². The van der Waals surface area contributed by atoms with Gasteiger partial charge in [-0.1, -0.05) is 17.3 Å². The number of sulfonamides is 1. The molecular weight excluding hydrogens is 434 g/mol. The third kappa shape index (κ3) is 4.34. The summed E-state index contributed by atoms with van der Waals surface area (Å²) in [6, 6.07) is 6.58. The fourth-order valence-corrected chi connectivity index (χ4v) is 5.52. The minimum absolute atomic E-state index is 0.101. The summed E-state index contributed by atoms with van der Waals surface area (Å²) >= 11 is 0. The molecule has 2 aromatic heterocycles. The van der Waals surface area contributed by atoms with Crippen molar-refractivity contribution in [3.8, 4) is 17.1 Å². The molecule has 168 valence electrons. The molecule has 1 amide bonds. The highest BCUT2D eigenvalue weighted by molar-refractivity contribution is 7.89. The van der Waals surface area contributed by atoms with Gasteiger partial charge in [-0.3, -0.25) is 4.79 Å². The van der Waals surface area contributed by atoms with Gasteiger partial charge in [0.15, 0.2) is 11.6 Å². The van der Waals surface area contributed by atoms with Gasteiger partial charge in [-0.15, -0.1) is 0 Å². The van der Waals surface area contributed by atoms with Gasteiger partial charge in [0.25, 0.3) is 0 Å². The van der Waals surface area contributed by atoms with Crippen molar-refractivity contribution in [3.63, 3.8) is 0 Å². The van der Waals surface area contributed by atoms with Gasteiger partial charge >= 0.3 is 0 Å². The molecular formula is C21H23N5O5S. The number of aryl methyl sites for hydroxylation is 2. The van der Waals surface area contributed by atoms with E-state index in [9.17, 15) is 18.3 Å². The molecule has 0 radical (unpaired) electrons. The summed E-state index contributed by atoms with van der Waals surface area (Å²) in [4.78, 5) is 21.2. The molecule has 0 spiro atoms. The molecule has 0 atom stereocenters. The van der Waals surface area contributed by atoms with Crippen LogP contribution in [0, 0.1) is 19.8 Å². The molecule has 1 aromatic carbocycles. The number of carbonyl (C=O) groups is 1. The summed E-state index contributed by atoms with van der Waals surface area (Å²) in [5, 5.41) is 16.1. The Morgan fingerprint density at radius 3 is 2.47 bits per heavy atom. The first-order chi connectivity index (χ1) is 15.3. The number of benzene rings is 1. The van der Waals surface area contributed by atoms with Crippen LogP contribution in [-0.4, -0.2) is 52.0 Å². The van der Waals surface area contributed by atoms with Crippen molar-refractivity contribution < 1.29 is 22.8 Å². The number of phenolic OH excluding ortho intramolecular Hbond substituents is 1. The summed E-state index contributed by atoms with van der Waals surface area (Å²) in [7, 11) is -3.71. The van der Waals surface area contributed by atoms with Gasteiger partial charge < -0.3 is 14.9 Å². The molecule has 11 heteroatoms. The molecule has 1 saturated heterocycles. The number of aromatic nitrogens is 3. The fraction of sp³-hybridized carbons (Fsp3) is 0.333. The lowest BCUT2D eigenvalue weighted by molar-refractivity contribution is -0.120. The molecule has 3 heterocycles. The van der Waals surface area contributed by atoms with Crippen LogP contribution in [0.1, 0.15) is 24.3 Å². The van der Waals surface area contributed by atoms with Gasteiger partial charge in [0, 0.05) is 24.6 Å². The zero-order valence-corrected chi connectivity index (χ0v) is 18.5. The van der Waals surface area contributed by atoms with Crippen molar-refractivity contribution in [2.24, 2.45) is 5.92 Å². The number of amides is 1. The minimum Gasteiger partial charge on any atom is -0.508 e. The number of hydrogen-bond donors (Lipinski definition) is 2. The van der Waals surface area contributed by atoms with Gasteiger partial charge in [-0.2, -0.15) is 4.31 Å². The maximum absolute atomic E-state index is 12.9. The van der Waals surface area contributed by atoms with Crippen molar-refractivity contribution >= 4 is 21.6 Å². The number of rotatable bonds is 5. The standard InChI is InChI=1S/C21H23N5O5S/c1-13-19(14(2)31-25-13)32(29,30)26-8-6-15(7-9-26)21(28)24-17-11-22-20(23-12-17)16-4-3-5-18(27)10-16/h3-5,10-12,15,27H,6-9H2,1-2H3,(H,24,28). The molecule has 3 aromatic rings. The van der Waals surface area contributed by atoms with E-state index in [1.54, 1.807) is 38.1 Å². The highest BCUT2D eigenvalue weighted by Gasteiger charge is 2.35. The van der Waals surface area contributed by atoms with E-state index in [4.69, 9.17) is 4.52 Å². The van der Waals surface area contributed by atoms with Crippen LogP contribution in [0.15, 0.2) is 46.1 Å². The third-order valence-electron chi connectivity index (χ3n) is 5.41. The second kappa shape index (κ2) is 8.67. The first-order valence-electron chi connectivity index (χ1n) is 10.1. The average molecular weight is 458 g/mol. The normalized spacial score (nSPS) is 15.6. The van der Waals surface area contributed by atoms with Crippen molar-refractivity contribution in [2.75, 3.05) is 18.4 Å². The summed E-state index contributed by atoms with van der Waals surface area (Å²) in [5.41, 5.74) is 1.44. The van der Waals surface area contributed by atoms with E-state index >= 15 is 0 Å². The summed E-state index contributed by atoms with van der Waals surface area (Å²) < 4.78 is 32.2. The highest BCUT2D eigenvalue weighted by atomic mass is 32.2. The Morgan fingerprint density at radius 1 is 1.19 bits per heavy atom. The molecule has 1 aliphatic heterocycles. The molecule has 0 bridgehead atoms. The summed E-state index contributed by atoms with van der Waals surface area (Å²) in [5.74, 6) is 0.282. The quantitative estimate of drug-likeness (QED) is 0.596.